The molecule has 0 aliphatic heterocycles. The minimum Gasteiger partial charge on any atom is -0.293 e. The lowest BCUT2D eigenvalue weighted by atomic mass is 10.2. The summed E-state index contributed by atoms with van der Waals surface area (Å²) < 4.78 is 25.1. The second kappa shape index (κ2) is 5.89. The van der Waals surface area contributed by atoms with Crippen LogP contribution in [0.5, 0.6) is 0 Å². The van der Waals surface area contributed by atoms with Gasteiger partial charge in [-0.2, -0.15) is 0 Å². The molecule has 0 saturated carbocycles. The topological polar surface area (TPSA) is 51.2 Å². The number of carbonyl (C=O) groups is 1. The van der Waals surface area contributed by atoms with Gasteiger partial charge in [-0.25, -0.2) is 8.42 Å². The third kappa shape index (κ3) is 3.55. The number of rotatable bonds is 4. The number of Topliss-reactive ketones (excluding diaryl/α,β-unsaturated/α-hetero) is 1. The molecule has 0 spiro atoms. The van der Waals surface area contributed by atoms with Gasteiger partial charge in [0, 0.05) is 10.0 Å². The minimum absolute atomic E-state index is 0.173. The van der Waals surface area contributed by atoms with Gasteiger partial charge in [0.1, 0.15) is 5.75 Å². The van der Waals surface area contributed by atoms with E-state index in [0.717, 1.165) is 10.0 Å². The summed E-state index contributed by atoms with van der Waals surface area (Å²) in [6, 6.07) is 13.2. The van der Waals surface area contributed by atoms with Gasteiger partial charge in [-0.05, 0) is 31.2 Å². The Balaban J connectivity index is 2.24. The Morgan fingerprint density at radius 3 is 2.35 bits per heavy atom. The number of halogens is 1. The summed E-state index contributed by atoms with van der Waals surface area (Å²) in [4.78, 5) is 12.2. The summed E-state index contributed by atoms with van der Waals surface area (Å²) in [5.74, 6) is -0.932. The fraction of sp³-hybridized carbons (Fsp3) is 0.133. The molecule has 2 aromatic rings. The number of carbonyl (C=O) groups excluding carboxylic acids is 1. The smallest absolute Gasteiger partial charge is 0.185 e. The van der Waals surface area contributed by atoms with Crippen molar-refractivity contribution >= 4 is 31.6 Å². The normalized spacial score (nSPS) is 11.3. The lowest BCUT2D eigenvalue weighted by Crippen LogP contribution is -2.16. The van der Waals surface area contributed by atoms with Gasteiger partial charge >= 0.3 is 0 Å². The van der Waals surface area contributed by atoms with Crippen LogP contribution in [-0.2, 0) is 9.84 Å². The van der Waals surface area contributed by atoms with Crippen LogP contribution >= 0.6 is 15.9 Å². The summed E-state index contributed by atoms with van der Waals surface area (Å²) in [7, 11) is -3.60. The second-order valence-corrected chi connectivity index (χ2v) is 7.41. The van der Waals surface area contributed by atoms with E-state index in [9.17, 15) is 13.2 Å². The molecular weight excluding hydrogens is 340 g/mol. The van der Waals surface area contributed by atoms with Gasteiger partial charge in [-0.3, -0.25) is 4.79 Å². The van der Waals surface area contributed by atoms with Crippen LogP contribution in [-0.4, -0.2) is 20.0 Å². The van der Waals surface area contributed by atoms with E-state index in [1.807, 2.05) is 6.92 Å². The van der Waals surface area contributed by atoms with Crippen molar-refractivity contribution in [3.63, 3.8) is 0 Å². The molecule has 2 rings (SSSR count). The molecule has 5 heteroatoms. The van der Waals surface area contributed by atoms with Crippen molar-refractivity contribution < 1.29 is 13.2 Å². The Morgan fingerprint density at radius 2 is 1.75 bits per heavy atom. The van der Waals surface area contributed by atoms with E-state index in [1.54, 1.807) is 36.4 Å². The van der Waals surface area contributed by atoms with Crippen molar-refractivity contribution in [3.05, 3.63) is 64.1 Å². The molecule has 0 aromatic heterocycles. The van der Waals surface area contributed by atoms with Gasteiger partial charge in [0.2, 0.25) is 0 Å². The first-order valence-electron chi connectivity index (χ1n) is 5.97. The average Bonchev–Trinajstić information content (AvgIpc) is 2.38. The first-order valence-corrected chi connectivity index (χ1v) is 8.41. The minimum atomic E-state index is -3.60. The Morgan fingerprint density at radius 1 is 1.10 bits per heavy atom. The third-order valence-corrected chi connectivity index (χ3v) is 4.97. The van der Waals surface area contributed by atoms with Gasteiger partial charge < -0.3 is 0 Å². The highest BCUT2D eigenvalue weighted by Gasteiger charge is 2.20. The van der Waals surface area contributed by atoms with E-state index in [4.69, 9.17) is 0 Å². The molecule has 0 amide bonds. The molecular formula is C15H13BrO3S. The maximum Gasteiger partial charge on any atom is 0.185 e. The SMILES string of the molecule is Cc1ccc(S(=O)(=O)CC(=O)c2cccc(Br)c2)cc1. The van der Waals surface area contributed by atoms with Crippen LogP contribution in [0.15, 0.2) is 57.9 Å². The molecule has 0 N–H and O–H groups in total. The van der Waals surface area contributed by atoms with Crippen LogP contribution in [0.4, 0.5) is 0 Å². The maximum atomic E-state index is 12.2. The summed E-state index contributed by atoms with van der Waals surface area (Å²) in [5, 5.41) is 0. The van der Waals surface area contributed by atoms with Crippen molar-refractivity contribution in [2.45, 2.75) is 11.8 Å². The number of benzene rings is 2. The van der Waals surface area contributed by atoms with E-state index < -0.39 is 21.4 Å². The largest absolute Gasteiger partial charge is 0.293 e. The Hall–Kier alpha value is -1.46. The number of aryl methyl sites for hydroxylation is 1. The average molecular weight is 353 g/mol. The van der Waals surface area contributed by atoms with Crippen LogP contribution in [0.3, 0.4) is 0 Å². The molecule has 3 nitrogen and oxygen atoms in total. The number of hydrogen-bond acceptors (Lipinski definition) is 3. The van der Waals surface area contributed by atoms with Crippen molar-refractivity contribution in [1.29, 1.82) is 0 Å². The zero-order chi connectivity index (χ0) is 14.8. The second-order valence-electron chi connectivity index (χ2n) is 4.51. The fourth-order valence-corrected chi connectivity index (χ4v) is 3.38. The highest BCUT2D eigenvalue weighted by Crippen LogP contribution is 2.16. The number of ketones is 1. The number of sulfone groups is 1. The lowest BCUT2D eigenvalue weighted by Gasteiger charge is -2.05. The van der Waals surface area contributed by atoms with Gasteiger partial charge in [0.15, 0.2) is 15.6 Å². The molecule has 0 aliphatic rings. The molecule has 0 radical (unpaired) electrons. The molecule has 0 fully saturated rings. The van der Waals surface area contributed by atoms with E-state index in [-0.39, 0.29) is 4.90 Å². The Labute approximate surface area is 126 Å². The summed E-state index contributed by atoms with van der Waals surface area (Å²) >= 11 is 3.26. The van der Waals surface area contributed by atoms with E-state index in [2.05, 4.69) is 15.9 Å². The molecule has 104 valence electrons. The molecule has 2 aromatic carbocycles. The highest BCUT2D eigenvalue weighted by molar-refractivity contribution is 9.10. The molecule has 0 aliphatic carbocycles. The van der Waals surface area contributed by atoms with Crippen molar-refractivity contribution in [2.75, 3.05) is 5.75 Å². The Bertz CT molecular complexity index is 734. The van der Waals surface area contributed by atoms with Crippen LogP contribution in [0.2, 0.25) is 0 Å². The first kappa shape index (κ1) is 14.9. The standard InChI is InChI=1S/C15H13BrO3S/c1-11-5-7-14(8-6-11)20(18,19)10-15(17)12-3-2-4-13(16)9-12/h2-9H,10H2,1H3. The van der Waals surface area contributed by atoms with Crippen LogP contribution in [0.1, 0.15) is 15.9 Å². The zero-order valence-corrected chi connectivity index (χ0v) is 13.2. The molecule has 0 saturated heterocycles. The van der Waals surface area contributed by atoms with Gasteiger partial charge in [0.05, 0.1) is 4.90 Å². The summed E-state index contributed by atoms with van der Waals surface area (Å²) in [6.07, 6.45) is 0. The molecule has 0 unspecified atom stereocenters. The van der Waals surface area contributed by atoms with Crippen molar-refractivity contribution in [2.24, 2.45) is 0 Å². The molecule has 0 bridgehead atoms. The summed E-state index contributed by atoms with van der Waals surface area (Å²) in [5.41, 5.74) is 1.36. The van der Waals surface area contributed by atoms with Crippen molar-refractivity contribution in [1.82, 2.24) is 0 Å². The van der Waals surface area contributed by atoms with E-state index in [1.165, 1.54) is 12.1 Å². The highest BCUT2D eigenvalue weighted by atomic mass is 79.9. The zero-order valence-electron chi connectivity index (χ0n) is 10.8. The summed E-state index contributed by atoms with van der Waals surface area (Å²) in [6.45, 7) is 1.88. The third-order valence-electron chi connectivity index (χ3n) is 2.85. The molecule has 0 heterocycles. The molecule has 20 heavy (non-hydrogen) atoms. The Kier molecular flexibility index (Phi) is 4.40. The van der Waals surface area contributed by atoms with Crippen LogP contribution < -0.4 is 0 Å². The number of hydrogen-bond donors (Lipinski definition) is 0. The van der Waals surface area contributed by atoms with Crippen LogP contribution in [0.25, 0.3) is 0 Å². The predicted octanol–water partition coefficient (Wildman–Crippen LogP) is 3.41. The van der Waals surface area contributed by atoms with Crippen molar-refractivity contribution in [3.8, 4) is 0 Å². The van der Waals surface area contributed by atoms with Gasteiger partial charge in [-0.1, -0.05) is 45.8 Å². The van der Waals surface area contributed by atoms with E-state index in [0.29, 0.717) is 5.56 Å². The quantitative estimate of drug-likeness (QED) is 0.792. The van der Waals surface area contributed by atoms with Crippen LogP contribution in [0, 0.1) is 6.92 Å². The first-order chi connectivity index (χ1) is 9.38. The molecule has 0 atom stereocenters. The fourth-order valence-electron chi connectivity index (χ4n) is 1.75. The van der Waals surface area contributed by atoms with Gasteiger partial charge in [0.25, 0.3) is 0 Å². The predicted molar refractivity (Wildman–Crippen MR) is 81.7 cm³/mol. The maximum absolute atomic E-state index is 12.2. The van der Waals surface area contributed by atoms with E-state index >= 15 is 0 Å². The lowest BCUT2D eigenvalue weighted by molar-refractivity contribution is 0.102. The van der Waals surface area contributed by atoms with Gasteiger partial charge in [-0.15, -0.1) is 0 Å². The monoisotopic (exact) mass is 352 g/mol.